The fourth-order valence-corrected chi connectivity index (χ4v) is 3.04. The Morgan fingerprint density at radius 3 is 2.73 bits per heavy atom. The zero-order chi connectivity index (χ0) is 18.6. The Labute approximate surface area is 156 Å². The summed E-state index contributed by atoms with van der Waals surface area (Å²) in [7, 11) is 1.73. The van der Waals surface area contributed by atoms with Crippen LogP contribution in [0.25, 0.3) is 0 Å². The fourth-order valence-electron chi connectivity index (χ4n) is 3.04. The van der Waals surface area contributed by atoms with Crippen LogP contribution < -0.4 is 15.4 Å². The maximum atomic E-state index is 11.8. The monoisotopic (exact) mass is 361 g/mol. The third kappa shape index (κ3) is 6.94. The van der Waals surface area contributed by atoms with Crippen molar-refractivity contribution in [1.29, 1.82) is 0 Å². The number of para-hydroxylation sites is 1. The van der Waals surface area contributed by atoms with Gasteiger partial charge in [-0.05, 0) is 45.1 Å². The molecule has 1 saturated carbocycles. The summed E-state index contributed by atoms with van der Waals surface area (Å²) < 4.78 is 11.1. The van der Waals surface area contributed by atoms with Gasteiger partial charge in [0.05, 0.1) is 6.61 Å². The van der Waals surface area contributed by atoms with Gasteiger partial charge in [-0.15, -0.1) is 0 Å². The van der Waals surface area contributed by atoms with Crippen LogP contribution in [0.4, 0.5) is 0 Å². The molecule has 0 unspecified atom stereocenters. The SMILES string of the molecule is CCOc1ccccc1CNC(=NC)NCCCC(=O)OC1CCCC1. The molecule has 1 fully saturated rings. The molecule has 144 valence electrons. The van der Waals surface area contributed by atoms with Crippen molar-refractivity contribution in [2.45, 2.75) is 58.1 Å². The summed E-state index contributed by atoms with van der Waals surface area (Å²) >= 11 is 0. The van der Waals surface area contributed by atoms with Crippen LogP contribution in [0.15, 0.2) is 29.3 Å². The lowest BCUT2D eigenvalue weighted by molar-refractivity contribution is -0.148. The summed E-state index contributed by atoms with van der Waals surface area (Å²) in [6, 6.07) is 7.95. The maximum absolute atomic E-state index is 11.8. The van der Waals surface area contributed by atoms with Crippen LogP contribution in [0.2, 0.25) is 0 Å². The summed E-state index contributed by atoms with van der Waals surface area (Å²) in [5.41, 5.74) is 1.08. The second kappa shape index (κ2) is 11.4. The summed E-state index contributed by atoms with van der Waals surface area (Å²) in [6.07, 6.45) is 5.69. The third-order valence-corrected chi connectivity index (χ3v) is 4.39. The first-order chi connectivity index (χ1) is 12.7. The number of nitrogens with zero attached hydrogens (tertiary/aromatic N) is 1. The van der Waals surface area contributed by atoms with Crippen molar-refractivity contribution in [3.05, 3.63) is 29.8 Å². The van der Waals surface area contributed by atoms with Crippen LogP contribution in [-0.2, 0) is 16.1 Å². The number of carbonyl (C=O) groups excluding carboxylic acids is 1. The predicted molar refractivity (Wildman–Crippen MR) is 103 cm³/mol. The van der Waals surface area contributed by atoms with Crippen molar-refractivity contribution in [1.82, 2.24) is 10.6 Å². The van der Waals surface area contributed by atoms with Crippen molar-refractivity contribution >= 4 is 11.9 Å². The number of benzene rings is 1. The van der Waals surface area contributed by atoms with Crippen LogP contribution in [0.1, 0.15) is 51.0 Å². The van der Waals surface area contributed by atoms with Gasteiger partial charge in [-0.2, -0.15) is 0 Å². The van der Waals surface area contributed by atoms with E-state index in [1.807, 2.05) is 31.2 Å². The highest BCUT2D eigenvalue weighted by Gasteiger charge is 2.18. The van der Waals surface area contributed by atoms with E-state index in [4.69, 9.17) is 9.47 Å². The number of guanidine groups is 1. The molecular weight excluding hydrogens is 330 g/mol. The van der Waals surface area contributed by atoms with Crippen molar-refractivity contribution in [3.63, 3.8) is 0 Å². The zero-order valence-corrected chi connectivity index (χ0v) is 15.9. The number of hydrogen-bond donors (Lipinski definition) is 2. The Balaban J connectivity index is 1.65. The molecule has 1 aromatic carbocycles. The highest BCUT2D eigenvalue weighted by molar-refractivity contribution is 5.79. The van der Waals surface area contributed by atoms with E-state index in [9.17, 15) is 4.79 Å². The van der Waals surface area contributed by atoms with Gasteiger partial charge >= 0.3 is 5.97 Å². The standard InChI is InChI=1S/C20H31N3O3/c1-3-25-18-12-7-4-9-16(18)15-23-20(21-2)22-14-8-13-19(24)26-17-10-5-6-11-17/h4,7,9,12,17H,3,5-6,8,10-11,13-15H2,1-2H3,(H2,21,22,23). The molecule has 0 atom stereocenters. The molecule has 0 amide bonds. The van der Waals surface area contributed by atoms with E-state index in [2.05, 4.69) is 15.6 Å². The first kappa shape index (κ1) is 20.1. The van der Waals surface area contributed by atoms with Crippen LogP contribution >= 0.6 is 0 Å². The first-order valence-corrected chi connectivity index (χ1v) is 9.57. The van der Waals surface area contributed by atoms with Gasteiger partial charge in [0.1, 0.15) is 11.9 Å². The quantitative estimate of drug-likeness (QED) is 0.306. The van der Waals surface area contributed by atoms with Crippen molar-refractivity contribution < 1.29 is 14.3 Å². The van der Waals surface area contributed by atoms with E-state index in [0.717, 1.165) is 30.6 Å². The van der Waals surface area contributed by atoms with Crippen molar-refractivity contribution in [2.75, 3.05) is 20.2 Å². The first-order valence-electron chi connectivity index (χ1n) is 9.57. The molecule has 26 heavy (non-hydrogen) atoms. The average molecular weight is 361 g/mol. The fraction of sp³-hybridized carbons (Fsp3) is 0.600. The molecule has 0 heterocycles. The van der Waals surface area contributed by atoms with E-state index in [-0.39, 0.29) is 12.1 Å². The van der Waals surface area contributed by atoms with Gasteiger partial charge in [0.15, 0.2) is 5.96 Å². The Hall–Kier alpha value is -2.24. The van der Waals surface area contributed by atoms with E-state index in [1.165, 1.54) is 12.8 Å². The van der Waals surface area contributed by atoms with Gasteiger partial charge in [0.25, 0.3) is 0 Å². The molecule has 0 saturated heterocycles. The van der Waals surface area contributed by atoms with Crippen molar-refractivity contribution in [2.24, 2.45) is 4.99 Å². The number of aliphatic imine (C=N–C) groups is 1. The molecule has 1 aliphatic carbocycles. The minimum absolute atomic E-state index is 0.0905. The topological polar surface area (TPSA) is 72.0 Å². The smallest absolute Gasteiger partial charge is 0.306 e. The van der Waals surface area contributed by atoms with Gasteiger partial charge in [-0.25, -0.2) is 0 Å². The molecule has 6 nitrogen and oxygen atoms in total. The summed E-state index contributed by atoms with van der Waals surface area (Å²) in [5, 5.41) is 6.50. The molecule has 2 N–H and O–H groups in total. The molecule has 6 heteroatoms. The number of nitrogens with one attached hydrogen (secondary N) is 2. The Kier molecular flexibility index (Phi) is 8.79. The lowest BCUT2D eigenvalue weighted by Gasteiger charge is -2.14. The normalized spacial score (nSPS) is 14.9. The maximum Gasteiger partial charge on any atom is 0.306 e. The predicted octanol–water partition coefficient (Wildman–Crippen LogP) is 3.02. The second-order valence-electron chi connectivity index (χ2n) is 6.39. The highest BCUT2D eigenvalue weighted by atomic mass is 16.5. The molecular formula is C20H31N3O3. The Morgan fingerprint density at radius 2 is 2.00 bits per heavy atom. The number of carbonyl (C=O) groups is 1. The second-order valence-corrected chi connectivity index (χ2v) is 6.39. The van der Waals surface area contributed by atoms with Crippen LogP contribution in [-0.4, -0.2) is 38.2 Å². The van der Waals surface area contributed by atoms with Gasteiger partial charge in [-0.3, -0.25) is 9.79 Å². The average Bonchev–Trinajstić information content (AvgIpc) is 3.15. The summed E-state index contributed by atoms with van der Waals surface area (Å²) in [6.45, 7) is 3.91. The Bertz CT molecular complexity index is 583. The van der Waals surface area contributed by atoms with Crippen LogP contribution in [0.3, 0.4) is 0 Å². The summed E-state index contributed by atoms with van der Waals surface area (Å²) in [5.74, 6) is 1.50. The third-order valence-electron chi connectivity index (χ3n) is 4.39. The van der Waals surface area contributed by atoms with Gasteiger partial charge in [0.2, 0.25) is 0 Å². The van der Waals surface area contributed by atoms with Crippen molar-refractivity contribution in [3.8, 4) is 5.75 Å². The minimum Gasteiger partial charge on any atom is -0.494 e. The van der Waals surface area contributed by atoms with E-state index in [0.29, 0.717) is 32.1 Å². The number of esters is 1. The molecule has 0 bridgehead atoms. The molecule has 0 radical (unpaired) electrons. The molecule has 1 aliphatic rings. The number of rotatable bonds is 9. The lowest BCUT2D eigenvalue weighted by atomic mass is 10.2. The largest absolute Gasteiger partial charge is 0.494 e. The van der Waals surface area contributed by atoms with E-state index < -0.39 is 0 Å². The zero-order valence-electron chi connectivity index (χ0n) is 15.9. The minimum atomic E-state index is -0.0905. The number of ether oxygens (including phenoxy) is 2. The van der Waals surface area contributed by atoms with Gasteiger partial charge < -0.3 is 20.1 Å². The van der Waals surface area contributed by atoms with E-state index >= 15 is 0 Å². The van der Waals surface area contributed by atoms with Crippen LogP contribution in [0.5, 0.6) is 5.75 Å². The molecule has 0 aromatic heterocycles. The molecule has 0 spiro atoms. The van der Waals surface area contributed by atoms with Crippen LogP contribution in [0, 0.1) is 0 Å². The molecule has 2 rings (SSSR count). The molecule has 0 aliphatic heterocycles. The highest BCUT2D eigenvalue weighted by Crippen LogP contribution is 2.21. The Morgan fingerprint density at radius 1 is 1.23 bits per heavy atom. The lowest BCUT2D eigenvalue weighted by Crippen LogP contribution is -2.37. The van der Waals surface area contributed by atoms with E-state index in [1.54, 1.807) is 7.05 Å². The number of hydrogen-bond acceptors (Lipinski definition) is 4. The van der Waals surface area contributed by atoms with Gasteiger partial charge in [-0.1, -0.05) is 18.2 Å². The summed E-state index contributed by atoms with van der Waals surface area (Å²) in [4.78, 5) is 16.0. The molecule has 1 aromatic rings. The van der Waals surface area contributed by atoms with Gasteiger partial charge in [0, 0.05) is 32.1 Å².